The van der Waals surface area contributed by atoms with Crippen LogP contribution in [0.1, 0.15) is 5.56 Å². The van der Waals surface area contributed by atoms with Gasteiger partial charge in [0, 0.05) is 0 Å². The predicted molar refractivity (Wildman–Crippen MR) is 60.4 cm³/mol. The third-order valence-corrected chi connectivity index (χ3v) is 2.57. The Bertz CT molecular complexity index is 368. The number of benzene rings is 1. The number of ether oxygens (including phenoxy) is 2. The fraction of sp³-hybridized carbons (Fsp3) is 0.417. The molecule has 0 aromatic heterocycles. The van der Waals surface area contributed by atoms with Gasteiger partial charge in [0.05, 0.1) is 25.4 Å². The van der Waals surface area contributed by atoms with Crippen LogP contribution in [0.2, 0.25) is 0 Å². The van der Waals surface area contributed by atoms with Crippen molar-refractivity contribution in [3.05, 3.63) is 35.9 Å². The van der Waals surface area contributed by atoms with Gasteiger partial charge in [0.2, 0.25) is 0 Å². The summed E-state index contributed by atoms with van der Waals surface area (Å²) in [7, 11) is 0. The molecule has 1 aliphatic heterocycles. The van der Waals surface area contributed by atoms with E-state index >= 15 is 0 Å². The zero-order valence-corrected chi connectivity index (χ0v) is 9.33. The van der Waals surface area contributed by atoms with Gasteiger partial charge in [0.15, 0.2) is 0 Å². The van der Waals surface area contributed by atoms with Crippen molar-refractivity contribution in [1.29, 1.82) is 0 Å². The molecule has 5 heteroatoms. The lowest BCUT2D eigenvalue weighted by atomic mass is 10.2. The number of carbonyl (C=O) groups is 1. The number of hydrogen-bond donors (Lipinski definition) is 2. The number of aliphatic hydroxyl groups is 1. The highest BCUT2D eigenvalue weighted by atomic mass is 16.6. The largest absolute Gasteiger partial charge is 0.445 e. The molecule has 2 atom stereocenters. The van der Waals surface area contributed by atoms with Crippen molar-refractivity contribution in [1.82, 2.24) is 5.32 Å². The maximum Gasteiger partial charge on any atom is 0.407 e. The fourth-order valence-electron chi connectivity index (χ4n) is 1.60. The Kier molecular flexibility index (Phi) is 3.95. The average Bonchev–Trinajstić information content (AvgIpc) is 2.74. The number of aliphatic hydroxyl groups excluding tert-OH is 1. The second-order valence-corrected chi connectivity index (χ2v) is 3.92. The van der Waals surface area contributed by atoms with E-state index in [1.54, 1.807) is 0 Å². The van der Waals surface area contributed by atoms with E-state index in [0.717, 1.165) is 5.56 Å². The van der Waals surface area contributed by atoms with Gasteiger partial charge >= 0.3 is 6.09 Å². The van der Waals surface area contributed by atoms with E-state index in [1.807, 2.05) is 30.3 Å². The van der Waals surface area contributed by atoms with Crippen LogP contribution in [-0.4, -0.2) is 36.6 Å². The van der Waals surface area contributed by atoms with Gasteiger partial charge in [-0.2, -0.15) is 0 Å². The molecule has 1 amide bonds. The molecule has 2 rings (SSSR count). The first-order valence-electron chi connectivity index (χ1n) is 5.49. The summed E-state index contributed by atoms with van der Waals surface area (Å²) in [5, 5.41) is 12.0. The topological polar surface area (TPSA) is 67.8 Å². The molecule has 1 saturated heterocycles. The van der Waals surface area contributed by atoms with Gasteiger partial charge in [-0.05, 0) is 5.56 Å². The standard InChI is InChI=1S/C12H15NO4/c14-11-8-16-7-10(11)13-12(15)17-6-9-4-2-1-3-5-9/h1-5,10-11,14H,6-8H2,(H,13,15). The van der Waals surface area contributed by atoms with Gasteiger partial charge in [-0.15, -0.1) is 0 Å². The van der Waals surface area contributed by atoms with Crippen molar-refractivity contribution >= 4 is 6.09 Å². The summed E-state index contributed by atoms with van der Waals surface area (Å²) in [5.74, 6) is 0. The zero-order chi connectivity index (χ0) is 12.1. The number of hydrogen-bond acceptors (Lipinski definition) is 4. The Hall–Kier alpha value is -1.59. The van der Waals surface area contributed by atoms with E-state index in [4.69, 9.17) is 9.47 Å². The molecule has 0 radical (unpaired) electrons. The smallest absolute Gasteiger partial charge is 0.407 e. The summed E-state index contributed by atoms with van der Waals surface area (Å²) >= 11 is 0. The molecule has 0 spiro atoms. The molecule has 0 aliphatic carbocycles. The van der Waals surface area contributed by atoms with E-state index < -0.39 is 12.2 Å². The third-order valence-electron chi connectivity index (χ3n) is 2.57. The molecule has 5 nitrogen and oxygen atoms in total. The molecule has 0 saturated carbocycles. The van der Waals surface area contributed by atoms with Crippen LogP contribution < -0.4 is 5.32 Å². The van der Waals surface area contributed by atoms with Crippen LogP contribution in [0.3, 0.4) is 0 Å². The van der Waals surface area contributed by atoms with Gasteiger partial charge in [0.25, 0.3) is 0 Å². The first-order chi connectivity index (χ1) is 8.25. The average molecular weight is 237 g/mol. The van der Waals surface area contributed by atoms with E-state index in [0.29, 0.717) is 6.61 Å². The van der Waals surface area contributed by atoms with Crippen molar-refractivity contribution in [2.24, 2.45) is 0 Å². The van der Waals surface area contributed by atoms with Gasteiger partial charge in [0.1, 0.15) is 6.61 Å². The number of nitrogens with one attached hydrogen (secondary N) is 1. The molecule has 1 aliphatic rings. The Morgan fingerprint density at radius 3 is 2.82 bits per heavy atom. The van der Waals surface area contributed by atoms with Crippen LogP contribution in [0, 0.1) is 0 Å². The summed E-state index contributed by atoms with van der Waals surface area (Å²) in [6.07, 6.45) is -1.19. The van der Waals surface area contributed by atoms with Crippen LogP contribution in [0.15, 0.2) is 30.3 Å². The first kappa shape index (κ1) is 11.9. The monoisotopic (exact) mass is 237 g/mol. The van der Waals surface area contributed by atoms with Crippen molar-refractivity contribution in [3.8, 4) is 0 Å². The summed E-state index contributed by atoms with van der Waals surface area (Å²) < 4.78 is 10.0. The zero-order valence-electron chi connectivity index (χ0n) is 9.33. The number of alkyl carbamates (subject to hydrolysis) is 1. The van der Waals surface area contributed by atoms with E-state index in [2.05, 4.69) is 5.32 Å². The third kappa shape index (κ3) is 3.44. The summed E-state index contributed by atoms with van der Waals surface area (Å²) in [4.78, 5) is 11.4. The molecule has 2 unspecified atom stereocenters. The molecule has 17 heavy (non-hydrogen) atoms. The van der Waals surface area contributed by atoms with Crippen molar-refractivity contribution in [3.63, 3.8) is 0 Å². The summed E-state index contributed by atoms with van der Waals surface area (Å²) in [5.41, 5.74) is 0.922. The van der Waals surface area contributed by atoms with Gasteiger partial charge in [-0.1, -0.05) is 30.3 Å². The lowest BCUT2D eigenvalue weighted by Gasteiger charge is -2.14. The Labute approximate surface area is 99.3 Å². The maximum absolute atomic E-state index is 11.4. The summed E-state index contributed by atoms with van der Waals surface area (Å²) in [6.45, 7) is 0.793. The van der Waals surface area contributed by atoms with Gasteiger partial charge < -0.3 is 19.9 Å². The number of rotatable bonds is 3. The number of carbonyl (C=O) groups excluding carboxylic acids is 1. The Morgan fingerprint density at radius 2 is 2.18 bits per heavy atom. The molecule has 1 fully saturated rings. The van der Waals surface area contributed by atoms with Gasteiger partial charge in [-0.25, -0.2) is 4.79 Å². The molecule has 92 valence electrons. The second-order valence-electron chi connectivity index (χ2n) is 3.92. The minimum absolute atomic E-state index is 0.219. The molecular formula is C12H15NO4. The fourth-order valence-corrected chi connectivity index (χ4v) is 1.60. The quantitative estimate of drug-likeness (QED) is 0.811. The highest BCUT2D eigenvalue weighted by molar-refractivity contribution is 5.67. The molecular weight excluding hydrogens is 222 g/mol. The van der Waals surface area contributed by atoms with E-state index in [1.165, 1.54) is 0 Å². The minimum Gasteiger partial charge on any atom is -0.445 e. The normalized spacial score (nSPS) is 23.4. The highest BCUT2D eigenvalue weighted by Gasteiger charge is 2.27. The first-order valence-corrected chi connectivity index (χ1v) is 5.49. The predicted octanol–water partition coefficient (Wildman–Crippen LogP) is 0.672. The minimum atomic E-state index is -0.653. The SMILES string of the molecule is O=C(NC1COCC1O)OCc1ccccc1. The highest BCUT2D eigenvalue weighted by Crippen LogP contribution is 2.06. The van der Waals surface area contributed by atoms with Crippen LogP contribution >= 0.6 is 0 Å². The van der Waals surface area contributed by atoms with Crippen LogP contribution in [-0.2, 0) is 16.1 Å². The summed E-state index contributed by atoms with van der Waals surface area (Å²) in [6, 6.07) is 9.03. The number of amides is 1. The lowest BCUT2D eigenvalue weighted by Crippen LogP contribution is -2.42. The van der Waals surface area contributed by atoms with Crippen LogP contribution in [0.4, 0.5) is 4.79 Å². The molecule has 0 bridgehead atoms. The van der Waals surface area contributed by atoms with Crippen molar-refractivity contribution in [2.75, 3.05) is 13.2 Å². The Balaban J connectivity index is 1.74. The van der Waals surface area contributed by atoms with Crippen LogP contribution in [0.5, 0.6) is 0 Å². The molecule has 2 N–H and O–H groups in total. The van der Waals surface area contributed by atoms with Crippen molar-refractivity contribution in [2.45, 2.75) is 18.8 Å². The Morgan fingerprint density at radius 1 is 1.41 bits per heavy atom. The lowest BCUT2D eigenvalue weighted by molar-refractivity contribution is 0.112. The van der Waals surface area contributed by atoms with Crippen molar-refractivity contribution < 1.29 is 19.4 Å². The maximum atomic E-state index is 11.4. The van der Waals surface area contributed by atoms with E-state index in [9.17, 15) is 9.90 Å². The van der Waals surface area contributed by atoms with E-state index in [-0.39, 0.29) is 19.3 Å². The second kappa shape index (κ2) is 5.65. The van der Waals surface area contributed by atoms with Crippen LogP contribution in [0.25, 0.3) is 0 Å². The molecule has 1 aromatic carbocycles. The van der Waals surface area contributed by atoms with Gasteiger partial charge in [-0.3, -0.25) is 0 Å². The molecule has 1 heterocycles. The molecule has 1 aromatic rings.